The van der Waals surface area contributed by atoms with Crippen LogP contribution in [0.25, 0.3) is 0 Å². The Morgan fingerprint density at radius 3 is 1.70 bits per heavy atom. The number of carbonyl (C=O) groups excluding carboxylic acids is 1. The summed E-state index contributed by atoms with van der Waals surface area (Å²) in [5, 5.41) is 0. The Balaban J connectivity index is -0.000000491. The Bertz CT molecular complexity index is 426. The first-order valence-electron chi connectivity index (χ1n) is 9.76. The Morgan fingerprint density at radius 2 is 1.30 bits per heavy atom. The van der Waals surface area contributed by atoms with Crippen molar-refractivity contribution in [3.63, 3.8) is 0 Å². The molecule has 0 radical (unpaired) electrons. The number of unbranched alkanes of at least 4 members (excludes halogenated alkanes) is 10. The van der Waals surface area contributed by atoms with E-state index in [4.69, 9.17) is 0 Å². The van der Waals surface area contributed by atoms with Crippen LogP contribution in [0.2, 0.25) is 0 Å². The topological polar surface area (TPSA) is 92.7 Å². The third-order valence-corrected chi connectivity index (χ3v) is 4.09. The zero-order valence-corrected chi connectivity index (χ0v) is 20.4. The molecule has 0 saturated carbocycles. The zero-order chi connectivity index (χ0) is 20.1. The van der Waals surface area contributed by atoms with Crippen LogP contribution in [0.15, 0.2) is 12.7 Å². The number of carbonyl (C=O) groups is 1. The molecule has 0 unspecified atom stereocenters. The van der Waals surface area contributed by atoms with Gasteiger partial charge in [0.15, 0.2) is 0 Å². The minimum atomic E-state index is -4.48. The summed E-state index contributed by atoms with van der Waals surface area (Å²) in [4.78, 5) is 10.3. The van der Waals surface area contributed by atoms with Gasteiger partial charge in [-0.1, -0.05) is 84.6 Å². The van der Waals surface area contributed by atoms with Crippen LogP contribution in [0.5, 0.6) is 0 Å². The molecule has 0 bridgehead atoms. The maximum atomic E-state index is 10.3. The first-order chi connectivity index (χ1) is 12.4. The van der Waals surface area contributed by atoms with Crippen molar-refractivity contribution >= 4 is 16.4 Å². The maximum Gasteiger partial charge on any atom is 1.00 e. The Kier molecular flexibility index (Phi) is 28.4. The van der Waals surface area contributed by atoms with Gasteiger partial charge in [-0.2, -0.15) is 0 Å². The largest absolute Gasteiger partial charge is 1.00 e. The van der Waals surface area contributed by atoms with Gasteiger partial charge in [-0.05, 0) is 12.8 Å². The van der Waals surface area contributed by atoms with E-state index in [-0.39, 0.29) is 42.1 Å². The van der Waals surface area contributed by atoms with Crippen LogP contribution in [-0.2, 0) is 24.1 Å². The molecule has 0 amide bonds. The molecule has 156 valence electrons. The molecular weight excluding hydrogens is 379 g/mol. The smallest absolute Gasteiger partial charge is 0.726 e. The van der Waals surface area contributed by atoms with E-state index in [1.54, 1.807) is 0 Å². The van der Waals surface area contributed by atoms with Gasteiger partial charge in [0, 0.05) is 6.08 Å². The molecule has 0 spiro atoms. The van der Waals surface area contributed by atoms with Crippen molar-refractivity contribution in [1.82, 2.24) is 0 Å². The third-order valence-electron chi connectivity index (χ3n) is 3.63. The molecule has 0 rings (SSSR count). The van der Waals surface area contributed by atoms with Gasteiger partial charge in [0.2, 0.25) is 10.4 Å². The van der Waals surface area contributed by atoms with Gasteiger partial charge in [0.1, 0.15) is 0 Å². The fourth-order valence-corrected chi connectivity index (χ4v) is 2.45. The van der Waals surface area contributed by atoms with E-state index in [9.17, 15) is 17.8 Å². The maximum absolute atomic E-state index is 10.3. The third kappa shape index (κ3) is 34.0. The second kappa shape index (κ2) is 24.1. The molecule has 0 heterocycles. The minimum Gasteiger partial charge on any atom is -0.726 e. The van der Waals surface area contributed by atoms with Gasteiger partial charge < -0.3 is 9.29 Å². The fraction of sp³-hybridized carbons (Fsp3) is 0.842. The van der Waals surface area contributed by atoms with Crippen LogP contribution in [0, 0.1) is 0 Å². The molecule has 0 aromatic heterocycles. The number of esters is 1. The monoisotopic (exact) mass is 416 g/mol. The molecule has 8 heteroatoms. The number of rotatable bonds is 16. The molecule has 0 N–H and O–H groups in total. The second-order valence-corrected chi connectivity index (χ2v) is 7.19. The first kappa shape index (κ1) is 31.8. The van der Waals surface area contributed by atoms with Crippen LogP contribution >= 0.6 is 0 Å². The van der Waals surface area contributed by atoms with Crippen LogP contribution in [0.1, 0.15) is 90.9 Å². The quantitative estimate of drug-likeness (QED) is 0.0953. The van der Waals surface area contributed by atoms with Crippen molar-refractivity contribution in [2.24, 2.45) is 0 Å². The Labute approximate surface area is 188 Å². The van der Waals surface area contributed by atoms with Gasteiger partial charge in [0.05, 0.1) is 13.2 Å². The van der Waals surface area contributed by atoms with E-state index in [1.807, 2.05) is 6.92 Å². The molecule has 0 aromatic carbocycles. The van der Waals surface area contributed by atoms with Crippen LogP contribution < -0.4 is 29.6 Å². The zero-order valence-electron chi connectivity index (χ0n) is 17.5. The predicted molar refractivity (Wildman–Crippen MR) is 104 cm³/mol. The van der Waals surface area contributed by atoms with Gasteiger partial charge in [-0.15, -0.1) is 0 Å². The molecule has 0 fully saturated rings. The number of hydrogen-bond donors (Lipinski definition) is 0. The molecule has 27 heavy (non-hydrogen) atoms. The minimum absolute atomic E-state index is 0. The van der Waals surface area contributed by atoms with Crippen LogP contribution in [0.4, 0.5) is 0 Å². The average Bonchev–Trinajstić information content (AvgIpc) is 2.59. The summed E-state index contributed by atoms with van der Waals surface area (Å²) < 4.78 is 39.1. The van der Waals surface area contributed by atoms with Crippen molar-refractivity contribution in [2.75, 3.05) is 13.2 Å². The van der Waals surface area contributed by atoms with Crippen molar-refractivity contribution in [2.45, 2.75) is 90.9 Å². The van der Waals surface area contributed by atoms with Crippen molar-refractivity contribution < 1.29 is 56.2 Å². The second-order valence-electron chi connectivity index (χ2n) is 6.14. The normalized spacial score (nSPS) is 10.3. The summed E-state index contributed by atoms with van der Waals surface area (Å²) in [6.45, 7) is 8.07. The molecule has 0 aliphatic heterocycles. The van der Waals surface area contributed by atoms with E-state index in [0.717, 1.165) is 25.7 Å². The van der Waals surface area contributed by atoms with Crippen molar-refractivity contribution in [3.05, 3.63) is 12.7 Å². The number of hydrogen-bond acceptors (Lipinski definition) is 6. The SMILES string of the molecule is C=CC(=O)OCCCC.CCCCCCCCCCCCOS(=O)(=O)[O-].[Na+]. The summed E-state index contributed by atoms with van der Waals surface area (Å²) in [6.07, 6.45) is 14.9. The standard InChI is InChI=1S/C12H26O4S.C7H12O2.Na/c1-2-3-4-5-6-7-8-9-10-11-12-16-17(13,14)15;1-3-5-6-9-7(8)4-2;/h2-12H2,1H3,(H,13,14,15);4H,2-3,5-6H2,1H3;/q;;+1/p-1. The Morgan fingerprint density at radius 1 is 0.852 bits per heavy atom. The summed E-state index contributed by atoms with van der Waals surface area (Å²) >= 11 is 0. The molecule has 0 atom stereocenters. The van der Waals surface area contributed by atoms with E-state index in [2.05, 4.69) is 22.4 Å². The Hall–Kier alpha value is 0.0800. The fourth-order valence-electron chi connectivity index (χ4n) is 2.13. The molecule has 0 aliphatic rings. The van der Waals surface area contributed by atoms with Crippen LogP contribution in [-0.4, -0.2) is 32.2 Å². The van der Waals surface area contributed by atoms with E-state index in [0.29, 0.717) is 13.0 Å². The van der Waals surface area contributed by atoms with E-state index < -0.39 is 10.4 Å². The van der Waals surface area contributed by atoms with Crippen molar-refractivity contribution in [1.29, 1.82) is 0 Å². The average molecular weight is 417 g/mol. The summed E-state index contributed by atoms with van der Waals surface area (Å²) in [6, 6.07) is 0. The summed E-state index contributed by atoms with van der Waals surface area (Å²) in [5.74, 6) is -0.330. The van der Waals surface area contributed by atoms with Gasteiger partial charge in [0.25, 0.3) is 0 Å². The van der Waals surface area contributed by atoms with E-state index in [1.165, 1.54) is 51.0 Å². The molecule has 6 nitrogen and oxygen atoms in total. The van der Waals surface area contributed by atoms with E-state index >= 15 is 0 Å². The summed E-state index contributed by atoms with van der Waals surface area (Å²) in [5.41, 5.74) is 0. The summed E-state index contributed by atoms with van der Waals surface area (Å²) in [7, 11) is -4.48. The number of ether oxygens (including phenoxy) is 1. The molecular formula is C19H37NaO6S. The van der Waals surface area contributed by atoms with Gasteiger partial charge in [-0.25, -0.2) is 13.2 Å². The van der Waals surface area contributed by atoms with Crippen molar-refractivity contribution in [3.8, 4) is 0 Å². The van der Waals surface area contributed by atoms with Gasteiger partial charge >= 0.3 is 35.5 Å². The predicted octanol–water partition coefficient (Wildman–Crippen LogP) is 1.90. The molecule has 0 saturated heterocycles. The van der Waals surface area contributed by atoms with Gasteiger partial charge in [-0.3, -0.25) is 4.18 Å². The molecule has 0 aliphatic carbocycles. The first-order valence-corrected chi connectivity index (χ1v) is 11.1. The van der Waals surface area contributed by atoms with Crippen LogP contribution in [0.3, 0.4) is 0 Å². The molecule has 0 aromatic rings.